The minimum Gasteiger partial charge on any atom is -0.397 e. The number of thiophene rings is 1. The number of benzene rings is 1. The van der Waals surface area contributed by atoms with Crippen molar-refractivity contribution in [1.29, 1.82) is 0 Å². The molecule has 0 radical (unpaired) electrons. The van der Waals surface area contributed by atoms with E-state index in [1.165, 1.54) is 29.1 Å². The summed E-state index contributed by atoms with van der Waals surface area (Å²) in [6.45, 7) is 2.05. The predicted octanol–water partition coefficient (Wildman–Crippen LogP) is 3.42. The average molecular weight is 306 g/mol. The summed E-state index contributed by atoms with van der Waals surface area (Å²) < 4.78 is 1.09. The van der Waals surface area contributed by atoms with Crippen molar-refractivity contribution < 1.29 is 4.79 Å². The molecule has 0 spiro atoms. The number of amides is 1. The van der Waals surface area contributed by atoms with Gasteiger partial charge in [0.1, 0.15) is 4.88 Å². The lowest BCUT2D eigenvalue weighted by Crippen LogP contribution is -2.38. The van der Waals surface area contributed by atoms with Crippen molar-refractivity contribution in [2.24, 2.45) is 0 Å². The monoisotopic (exact) mass is 306 g/mol. The first-order valence-electron chi connectivity index (χ1n) is 6.82. The van der Waals surface area contributed by atoms with Crippen LogP contribution >= 0.6 is 23.1 Å². The number of anilines is 1. The van der Waals surface area contributed by atoms with Gasteiger partial charge in [-0.1, -0.05) is 12.1 Å². The highest BCUT2D eigenvalue weighted by molar-refractivity contribution is 7.99. The molecule has 0 bridgehead atoms. The average Bonchev–Trinajstić information content (AvgIpc) is 2.76. The Bertz CT molecular complexity index is 645. The van der Waals surface area contributed by atoms with E-state index in [4.69, 9.17) is 5.73 Å². The predicted molar refractivity (Wildman–Crippen MR) is 88.8 cm³/mol. The summed E-state index contributed by atoms with van der Waals surface area (Å²) in [4.78, 5) is 13.1. The van der Waals surface area contributed by atoms with Gasteiger partial charge in [-0.3, -0.25) is 4.79 Å². The summed E-state index contributed by atoms with van der Waals surface area (Å²) >= 11 is 3.40. The van der Waals surface area contributed by atoms with Crippen molar-refractivity contribution in [2.45, 2.75) is 25.8 Å². The first kappa shape index (κ1) is 13.8. The molecule has 1 atom stereocenters. The number of carbonyl (C=O) groups excluding carboxylic acids is 1. The number of hydrogen-bond acceptors (Lipinski definition) is 4. The molecule has 1 fully saturated rings. The van der Waals surface area contributed by atoms with Crippen LogP contribution in [-0.2, 0) is 0 Å². The van der Waals surface area contributed by atoms with Gasteiger partial charge in [-0.05, 0) is 37.1 Å². The third-order valence-corrected chi connectivity index (χ3v) is 5.97. The Kier molecular flexibility index (Phi) is 3.89. The molecular formula is C15H18N2OS2. The van der Waals surface area contributed by atoms with Gasteiger partial charge in [0.2, 0.25) is 0 Å². The summed E-state index contributed by atoms with van der Waals surface area (Å²) in [5, 5.41) is 4.11. The Morgan fingerprint density at radius 1 is 1.45 bits per heavy atom. The summed E-state index contributed by atoms with van der Waals surface area (Å²) in [5.74, 6) is 2.20. The molecule has 1 amide bonds. The van der Waals surface area contributed by atoms with Crippen molar-refractivity contribution >= 4 is 44.8 Å². The van der Waals surface area contributed by atoms with Gasteiger partial charge in [0.15, 0.2) is 0 Å². The molecule has 1 aromatic heterocycles. The van der Waals surface area contributed by atoms with Crippen LogP contribution in [0.15, 0.2) is 18.2 Å². The van der Waals surface area contributed by atoms with E-state index in [0.717, 1.165) is 22.3 Å². The van der Waals surface area contributed by atoms with Crippen LogP contribution in [0.4, 0.5) is 5.69 Å². The Balaban J connectivity index is 1.85. The number of nitrogens with one attached hydrogen (secondary N) is 1. The van der Waals surface area contributed by atoms with Crippen LogP contribution in [-0.4, -0.2) is 23.5 Å². The Morgan fingerprint density at radius 2 is 2.30 bits per heavy atom. The largest absolute Gasteiger partial charge is 0.397 e. The van der Waals surface area contributed by atoms with Gasteiger partial charge in [-0.15, -0.1) is 11.3 Å². The highest BCUT2D eigenvalue weighted by Gasteiger charge is 2.21. The van der Waals surface area contributed by atoms with Crippen molar-refractivity contribution in [3.8, 4) is 0 Å². The van der Waals surface area contributed by atoms with Gasteiger partial charge in [0.05, 0.1) is 5.69 Å². The molecule has 1 aliphatic heterocycles. The standard InChI is InChI=1S/C15H18N2OS2/c1-9-4-5-11-12(7-9)20-14(13(11)16)15(18)17-10-3-2-6-19-8-10/h4-5,7,10H,2-3,6,8,16H2,1H3,(H,17,18). The molecule has 2 aromatic rings. The van der Waals surface area contributed by atoms with Crippen LogP contribution in [0.5, 0.6) is 0 Å². The first-order chi connectivity index (χ1) is 9.65. The van der Waals surface area contributed by atoms with Crippen molar-refractivity contribution in [3.63, 3.8) is 0 Å². The van der Waals surface area contributed by atoms with E-state index >= 15 is 0 Å². The molecule has 3 rings (SSSR count). The number of rotatable bonds is 2. The second-order valence-corrected chi connectivity index (χ2v) is 7.43. The molecule has 0 aliphatic carbocycles. The van der Waals surface area contributed by atoms with E-state index in [1.807, 2.05) is 30.8 Å². The normalized spacial score (nSPS) is 19.1. The van der Waals surface area contributed by atoms with Crippen LogP contribution in [0, 0.1) is 6.92 Å². The SMILES string of the molecule is Cc1ccc2c(N)c(C(=O)NC3CCCSC3)sc2c1. The molecule has 1 aliphatic rings. The van der Waals surface area contributed by atoms with Gasteiger partial charge >= 0.3 is 0 Å². The molecule has 2 heterocycles. The zero-order chi connectivity index (χ0) is 14.1. The van der Waals surface area contributed by atoms with Crippen LogP contribution in [0.2, 0.25) is 0 Å². The Labute approximate surface area is 126 Å². The van der Waals surface area contributed by atoms with E-state index in [9.17, 15) is 4.79 Å². The van der Waals surface area contributed by atoms with E-state index in [-0.39, 0.29) is 11.9 Å². The molecule has 1 saturated heterocycles. The molecule has 5 heteroatoms. The number of nitrogen functional groups attached to an aromatic ring is 1. The fraction of sp³-hybridized carbons (Fsp3) is 0.400. The quantitative estimate of drug-likeness (QED) is 0.894. The lowest BCUT2D eigenvalue weighted by atomic mass is 10.1. The minimum atomic E-state index is -0.0196. The van der Waals surface area contributed by atoms with Gasteiger partial charge in [-0.2, -0.15) is 11.8 Å². The van der Waals surface area contributed by atoms with E-state index in [1.54, 1.807) is 0 Å². The smallest absolute Gasteiger partial charge is 0.263 e. The van der Waals surface area contributed by atoms with Crippen LogP contribution in [0.3, 0.4) is 0 Å². The maximum absolute atomic E-state index is 12.4. The second-order valence-electron chi connectivity index (χ2n) is 5.23. The van der Waals surface area contributed by atoms with Crippen molar-refractivity contribution in [3.05, 3.63) is 28.6 Å². The highest BCUT2D eigenvalue weighted by atomic mass is 32.2. The van der Waals surface area contributed by atoms with Crippen LogP contribution in [0.1, 0.15) is 28.1 Å². The van der Waals surface area contributed by atoms with E-state index in [2.05, 4.69) is 11.4 Å². The van der Waals surface area contributed by atoms with Crippen LogP contribution < -0.4 is 11.1 Å². The maximum atomic E-state index is 12.4. The lowest BCUT2D eigenvalue weighted by molar-refractivity contribution is 0.0943. The molecule has 1 unspecified atom stereocenters. The lowest BCUT2D eigenvalue weighted by Gasteiger charge is -2.22. The zero-order valence-electron chi connectivity index (χ0n) is 11.4. The number of nitrogens with two attached hydrogens (primary N) is 1. The fourth-order valence-corrected chi connectivity index (χ4v) is 4.69. The molecule has 3 nitrogen and oxygen atoms in total. The van der Waals surface area contributed by atoms with E-state index in [0.29, 0.717) is 10.6 Å². The maximum Gasteiger partial charge on any atom is 0.263 e. The van der Waals surface area contributed by atoms with Gasteiger partial charge in [0, 0.05) is 21.9 Å². The number of aryl methyl sites for hydroxylation is 1. The fourth-order valence-electron chi connectivity index (χ4n) is 2.50. The third-order valence-electron chi connectivity index (χ3n) is 3.59. The second kappa shape index (κ2) is 5.66. The number of hydrogen-bond donors (Lipinski definition) is 2. The Hall–Kier alpha value is -1.20. The number of fused-ring (bicyclic) bond motifs is 1. The summed E-state index contributed by atoms with van der Waals surface area (Å²) in [7, 11) is 0. The van der Waals surface area contributed by atoms with Crippen molar-refractivity contribution in [1.82, 2.24) is 5.32 Å². The topological polar surface area (TPSA) is 55.1 Å². The minimum absolute atomic E-state index is 0.0196. The first-order valence-corrected chi connectivity index (χ1v) is 8.79. The van der Waals surface area contributed by atoms with Gasteiger partial charge < -0.3 is 11.1 Å². The summed E-state index contributed by atoms with van der Waals surface area (Å²) in [6.07, 6.45) is 2.25. The molecule has 1 aromatic carbocycles. The number of carbonyl (C=O) groups is 1. The molecule has 20 heavy (non-hydrogen) atoms. The third kappa shape index (κ3) is 2.65. The van der Waals surface area contributed by atoms with Gasteiger partial charge in [-0.25, -0.2) is 0 Å². The molecule has 106 valence electrons. The van der Waals surface area contributed by atoms with E-state index < -0.39 is 0 Å². The molecule has 3 N–H and O–H groups in total. The van der Waals surface area contributed by atoms with Crippen molar-refractivity contribution in [2.75, 3.05) is 17.2 Å². The summed E-state index contributed by atoms with van der Waals surface area (Å²) in [6, 6.07) is 6.41. The molecular weight excluding hydrogens is 288 g/mol. The number of thioether (sulfide) groups is 1. The zero-order valence-corrected chi connectivity index (χ0v) is 13.1. The highest BCUT2D eigenvalue weighted by Crippen LogP contribution is 2.34. The molecule has 0 saturated carbocycles. The van der Waals surface area contributed by atoms with Gasteiger partial charge in [0.25, 0.3) is 5.91 Å². The Morgan fingerprint density at radius 3 is 3.05 bits per heavy atom. The summed E-state index contributed by atoms with van der Waals surface area (Å²) in [5.41, 5.74) is 7.95. The van der Waals surface area contributed by atoms with Crippen LogP contribution in [0.25, 0.3) is 10.1 Å².